The first kappa shape index (κ1) is 34.1. The van der Waals surface area contributed by atoms with Crippen molar-refractivity contribution in [2.75, 3.05) is 13.1 Å². The van der Waals surface area contributed by atoms with Gasteiger partial charge in [-0.25, -0.2) is 33.5 Å². The zero-order chi connectivity index (χ0) is 34.2. The molecule has 244 valence electrons. The zero-order valence-electron chi connectivity index (χ0n) is 26.5. The number of benzene rings is 1. The molecule has 1 fully saturated rings. The standard InChI is InChI=1S/C34H35N5O8/c1-20-18-22(3)29(23(4)19-20)46-33(44)27-28(35-5)32(39-31(27)36-30(37-39)24-13-7-6-12-21(24)2)47-34(45)38(16-10-8-14-25(40)41)17-11-9-15-26(42)43/h6-7,12-13,20,22-23,29H,10-11,16-19H2,1-4H3,(H,36,37)(H,40,41)(H,42,43). The molecule has 47 heavy (non-hydrogen) atoms. The van der Waals surface area contributed by atoms with Crippen LogP contribution in [0.2, 0.25) is 0 Å². The number of nitrogens with zero attached hydrogens (tertiary/aromatic N) is 4. The maximum absolute atomic E-state index is 13.9. The molecule has 1 aromatic carbocycles. The van der Waals surface area contributed by atoms with Crippen molar-refractivity contribution in [2.24, 2.45) is 17.8 Å². The molecule has 2 unspecified atom stereocenters. The lowest BCUT2D eigenvalue weighted by Gasteiger charge is -2.37. The first-order valence-corrected chi connectivity index (χ1v) is 15.1. The van der Waals surface area contributed by atoms with Gasteiger partial charge in [0.15, 0.2) is 11.5 Å². The second kappa shape index (κ2) is 15.0. The largest absolute Gasteiger partial charge is 0.472 e. The number of H-pyrrole nitrogens is 1. The number of esters is 1. The molecular formula is C34H35N5O8. The molecule has 1 aliphatic rings. The summed E-state index contributed by atoms with van der Waals surface area (Å²) in [5.74, 6) is 6.09. The first-order chi connectivity index (χ1) is 22.4. The van der Waals surface area contributed by atoms with E-state index in [4.69, 9.17) is 26.3 Å². The number of carbonyl (C=O) groups excluding carboxylic acids is 2. The summed E-state index contributed by atoms with van der Waals surface area (Å²) >= 11 is 0. The number of hydrogen-bond donors (Lipinski definition) is 3. The second-order valence-electron chi connectivity index (χ2n) is 11.7. The summed E-state index contributed by atoms with van der Waals surface area (Å²) in [5.41, 5.74) is 1.21. The van der Waals surface area contributed by atoms with Gasteiger partial charge in [0.25, 0.3) is 5.69 Å². The van der Waals surface area contributed by atoms with Gasteiger partial charge in [0.1, 0.15) is 11.7 Å². The Labute approximate surface area is 271 Å². The number of nitrogens with one attached hydrogen (secondary N) is 1. The van der Waals surface area contributed by atoms with Crippen molar-refractivity contribution in [1.82, 2.24) is 19.5 Å². The van der Waals surface area contributed by atoms with Gasteiger partial charge < -0.3 is 24.6 Å². The summed E-state index contributed by atoms with van der Waals surface area (Å²) in [7, 11) is 0. The molecule has 0 radical (unpaired) electrons. The van der Waals surface area contributed by atoms with E-state index in [1.165, 1.54) is 4.52 Å². The van der Waals surface area contributed by atoms with E-state index in [1.54, 1.807) is 0 Å². The fourth-order valence-corrected chi connectivity index (χ4v) is 6.03. The van der Waals surface area contributed by atoms with Crippen LogP contribution < -0.4 is 4.74 Å². The van der Waals surface area contributed by atoms with Crippen LogP contribution in [-0.2, 0) is 14.3 Å². The quantitative estimate of drug-likeness (QED) is 0.171. The number of aromatic nitrogens is 3. The molecule has 13 heteroatoms. The summed E-state index contributed by atoms with van der Waals surface area (Å²) in [6.45, 7) is 15.9. The Balaban J connectivity index is 1.76. The lowest BCUT2D eigenvalue weighted by Crippen LogP contribution is -2.37. The van der Waals surface area contributed by atoms with Gasteiger partial charge in [-0.1, -0.05) is 56.9 Å². The van der Waals surface area contributed by atoms with Crippen LogP contribution >= 0.6 is 0 Å². The molecule has 0 aliphatic heterocycles. The predicted octanol–water partition coefficient (Wildman–Crippen LogP) is 5.17. The number of carboxylic acids is 2. The Morgan fingerprint density at radius 1 is 1.04 bits per heavy atom. The van der Waals surface area contributed by atoms with Gasteiger partial charge in [0, 0.05) is 43.3 Å². The molecule has 2 heterocycles. The molecule has 2 atom stereocenters. The van der Waals surface area contributed by atoms with Crippen molar-refractivity contribution >= 4 is 35.3 Å². The maximum Gasteiger partial charge on any atom is 0.415 e. The van der Waals surface area contributed by atoms with Crippen LogP contribution in [0.5, 0.6) is 5.88 Å². The molecule has 0 saturated heterocycles. The van der Waals surface area contributed by atoms with E-state index in [2.05, 4.69) is 33.7 Å². The summed E-state index contributed by atoms with van der Waals surface area (Å²) < 4.78 is 13.1. The molecule has 3 aromatic rings. The monoisotopic (exact) mass is 641 g/mol. The average Bonchev–Trinajstić information content (AvgIpc) is 3.55. The Bertz CT molecular complexity index is 1810. The Morgan fingerprint density at radius 3 is 2.19 bits per heavy atom. The number of aromatic amines is 1. The summed E-state index contributed by atoms with van der Waals surface area (Å²) in [6, 6.07) is 7.41. The number of carboxylic acid groups (broad SMARTS) is 2. The first-order valence-electron chi connectivity index (χ1n) is 15.1. The minimum absolute atomic E-state index is 0.0392. The van der Waals surface area contributed by atoms with Gasteiger partial charge in [0.05, 0.1) is 6.57 Å². The number of aryl methyl sites for hydroxylation is 1. The Kier molecular flexibility index (Phi) is 10.9. The molecule has 3 N–H and O–H groups in total. The summed E-state index contributed by atoms with van der Waals surface area (Å²) in [6.07, 6.45) is 0.344. The average molecular weight is 642 g/mol. The number of rotatable bonds is 8. The van der Waals surface area contributed by atoms with Crippen LogP contribution in [0.3, 0.4) is 0 Å². The third-order valence-electron chi connectivity index (χ3n) is 7.99. The van der Waals surface area contributed by atoms with Crippen LogP contribution in [0.15, 0.2) is 24.3 Å². The van der Waals surface area contributed by atoms with Crippen LogP contribution in [0, 0.1) is 54.9 Å². The van der Waals surface area contributed by atoms with Gasteiger partial charge in [-0.2, -0.15) is 0 Å². The third kappa shape index (κ3) is 8.11. The molecule has 1 amide bonds. The van der Waals surface area contributed by atoms with Gasteiger partial charge in [-0.3, -0.25) is 5.10 Å². The van der Waals surface area contributed by atoms with E-state index in [-0.39, 0.29) is 66.6 Å². The van der Waals surface area contributed by atoms with Crippen molar-refractivity contribution < 1.29 is 38.9 Å². The third-order valence-corrected chi connectivity index (χ3v) is 7.99. The highest BCUT2D eigenvalue weighted by molar-refractivity contribution is 6.05. The van der Waals surface area contributed by atoms with Crippen molar-refractivity contribution in [3.63, 3.8) is 0 Å². The fourth-order valence-electron chi connectivity index (χ4n) is 6.03. The highest BCUT2D eigenvalue weighted by Gasteiger charge is 2.37. The molecule has 0 spiro atoms. The number of aliphatic carboxylic acids is 2. The van der Waals surface area contributed by atoms with E-state index >= 15 is 0 Å². The van der Waals surface area contributed by atoms with Gasteiger partial charge in [-0.05, 0) is 43.1 Å². The predicted molar refractivity (Wildman–Crippen MR) is 170 cm³/mol. The van der Waals surface area contributed by atoms with Crippen molar-refractivity contribution in [3.05, 3.63) is 46.8 Å². The number of carbonyl (C=O) groups is 4. The van der Waals surface area contributed by atoms with Crippen LogP contribution in [0.25, 0.3) is 21.9 Å². The van der Waals surface area contributed by atoms with Crippen LogP contribution in [0.1, 0.15) is 62.4 Å². The smallest absolute Gasteiger partial charge is 0.415 e. The second-order valence-corrected chi connectivity index (χ2v) is 11.7. The maximum atomic E-state index is 13.9. The molecule has 13 nitrogen and oxygen atoms in total. The molecule has 1 saturated carbocycles. The molecule has 0 bridgehead atoms. The summed E-state index contributed by atoms with van der Waals surface area (Å²) in [4.78, 5) is 58.4. The topological polar surface area (TPSA) is 168 Å². The molecule has 1 aliphatic carbocycles. The van der Waals surface area contributed by atoms with Gasteiger partial charge >= 0.3 is 24.0 Å². The van der Waals surface area contributed by atoms with Crippen molar-refractivity contribution in [1.29, 1.82) is 0 Å². The zero-order valence-corrected chi connectivity index (χ0v) is 26.5. The van der Waals surface area contributed by atoms with E-state index in [0.29, 0.717) is 11.7 Å². The van der Waals surface area contributed by atoms with E-state index < -0.39 is 24.0 Å². The lowest BCUT2D eigenvalue weighted by atomic mass is 9.75. The SMILES string of the molecule is [C-]#[N+]c1c(C(=O)OC2C(C)CC(C)CC2C)c2nc(-c3ccccc3C)[nH]n2c1OC(=O)N(CCC#CC(=O)O)CCC#CC(=O)O. The van der Waals surface area contributed by atoms with E-state index in [1.807, 2.05) is 56.9 Å². The number of hydrogen-bond acceptors (Lipinski definition) is 7. The van der Waals surface area contributed by atoms with E-state index in [9.17, 15) is 19.2 Å². The lowest BCUT2D eigenvalue weighted by molar-refractivity contribution is -0.131. The molecular weight excluding hydrogens is 606 g/mol. The highest BCUT2D eigenvalue weighted by Crippen LogP contribution is 2.41. The van der Waals surface area contributed by atoms with Crippen molar-refractivity contribution in [3.8, 4) is 40.9 Å². The highest BCUT2D eigenvalue weighted by atomic mass is 16.6. The van der Waals surface area contributed by atoms with Gasteiger partial charge in [-0.15, -0.1) is 0 Å². The van der Waals surface area contributed by atoms with Crippen LogP contribution in [-0.4, -0.2) is 72.9 Å². The van der Waals surface area contributed by atoms with E-state index in [0.717, 1.165) is 28.9 Å². The fraction of sp³-hybridized carbons (Fsp3) is 0.412. The van der Waals surface area contributed by atoms with Gasteiger partial charge in [0.2, 0.25) is 5.88 Å². The number of amides is 1. The minimum atomic E-state index is -1.33. The Morgan fingerprint density at radius 2 is 1.64 bits per heavy atom. The normalized spacial score (nSPS) is 18.5. The minimum Gasteiger partial charge on any atom is -0.472 e. The number of fused-ring (bicyclic) bond motifs is 1. The summed E-state index contributed by atoms with van der Waals surface area (Å²) in [5, 5.41) is 20.7. The van der Waals surface area contributed by atoms with Crippen molar-refractivity contribution in [2.45, 2.75) is 59.5 Å². The molecule has 2 aromatic heterocycles. The Hall–Kier alpha value is -5.74. The van der Waals surface area contributed by atoms with Crippen LogP contribution in [0.4, 0.5) is 10.5 Å². The molecule has 4 rings (SSSR count). The number of ether oxygens (including phenoxy) is 2.